The first-order valence-corrected chi connectivity index (χ1v) is 7.94. The van der Waals surface area contributed by atoms with Crippen molar-refractivity contribution >= 4 is 0 Å². The molecule has 0 heterocycles. The Morgan fingerprint density at radius 3 is 1.94 bits per heavy atom. The van der Waals surface area contributed by atoms with Crippen molar-refractivity contribution in [2.24, 2.45) is 17.3 Å². The van der Waals surface area contributed by atoms with Crippen molar-refractivity contribution in [3.8, 4) is 0 Å². The fraction of sp³-hybridized carbons (Fsp3) is 1.00. The van der Waals surface area contributed by atoms with Crippen molar-refractivity contribution in [3.05, 3.63) is 0 Å². The van der Waals surface area contributed by atoms with Crippen LogP contribution in [0.5, 0.6) is 0 Å². The van der Waals surface area contributed by atoms with E-state index in [9.17, 15) is 0 Å². The van der Waals surface area contributed by atoms with Gasteiger partial charge in [0.05, 0.1) is 0 Å². The van der Waals surface area contributed by atoms with E-state index >= 15 is 0 Å². The first-order chi connectivity index (χ1) is 7.94. The highest BCUT2D eigenvalue weighted by Crippen LogP contribution is 2.37. The van der Waals surface area contributed by atoms with Crippen LogP contribution < -0.4 is 0 Å². The number of unbranched alkanes of at least 4 members (excludes halogenated alkanes) is 3. The molecule has 0 aromatic carbocycles. The van der Waals surface area contributed by atoms with Gasteiger partial charge in [-0.15, -0.1) is 0 Å². The predicted molar refractivity (Wildman–Crippen MR) is 80.4 cm³/mol. The lowest BCUT2D eigenvalue weighted by atomic mass is 9.71. The molecule has 104 valence electrons. The zero-order valence-corrected chi connectivity index (χ0v) is 13.3. The highest BCUT2D eigenvalue weighted by molar-refractivity contribution is 4.77. The van der Waals surface area contributed by atoms with Gasteiger partial charge in [0.15, 0.2) is 0 Å². The smallest absolute Gasteiger partial charge is 0.0326 e. The molecule has 0 saturated heterocycles. The zero-order chi connectivity index (χ0) is 13.3. The first kappa shape index (κ1) is 17.0. The van der Waals surface area contributed by atoms with Gasteiger partial charge in [0.2, 0.25) is 0 Å². The van der Waals surface area contributed by atoms with Gasteiger partial charge < -0.3 is 0 Å². The summed E-state index contributed by atoms with van der Waals surface area (Å²) in [6, 6.07) is 0. The molecular formula is C17H36. The molecule has 0 radical (unpaired) electrons. The average molecular weight is 240 g/mol. The lowest BCUT2D eigenvalue weighted by Crippen LogP contribution is -2.24. The molecule has 0 aliphatic carbocycles. The van der Waals surface area contributed by atoms with Gasteiger partial charge in [-0.05, 0) is 23.7 Å². The highest BCUT2D eigenvalue weighted by atomic mass is 14.3. The maximum Gasteiger partial charge on any atom is -0.0326 e. The summed E-state index contributed by atoms with van der Waals surface area (Å²) < 4.78 is 0. The fourth-order valence-corrected chi connectivity index (χ4v) is 2.85. The molecular weight excluding hydrogens is 204 g/mol. The zero-order valence-electron chi connectivity index (χ0n) is 13.3. The Morgan fingerprint density at radius 1 is 0.824 bits per heavy atom. The third kappa shape index (κ3) is 7.84. The van der Waals surface area contributed by atoms with Crippen molar-refractivity contribution < 1.29 is 0 Å². The van der Waals surface area contributed by atoms with Crippen LogP contribution in [-0.4, -0.2) is 0 Å². The van der Waals surface area contributed by atoms with Gasteiger partial charge in [-0.1, -0.05) is 86.5 Å². The van der Waals surface area contributed by atoms with Gasteiger partial charge in [-0.3, -0.25) is 0 Å². The van der Waals surface area contributed by atoms with E-state index in [0.717, 1.165) is 11.8 Å². The second kappa shape index (κ2) is 9.00. The van der Waals surface area contributed by atoms with Crippen LogP contribution in [0.4, 0.5) is 0 Å². The van der Waals surface area contributed by atoms with E-state index in [4.69, 9.17) is 0 Å². The topological polar surface area (TPSA) is 0 Å². The Hall–Kier alpha value is 0. The summed E-state index contributed by atoms with van der Waals surface area (Å²) in [7, 11) is 0. The average Bonchev–Trinajstić information content (AvgIpc) is 2.25. The second-order valence-corrected chi connectivity index (χ2v) is 6.84. The molecule has 0 amide bonds. The summed E-state index contributed by atoms with van der Waals surface area (Å²) >= 11 is 0. The fourth-order valence-electron chi connectivity index (χ4n) is 2.85. The lowest BCUT2D eigenvalue weighted by molar-refractivity contribution is 0.163. The molecule has 0 saturated carbocycles. The molecule has 0 N–H and O–H groups in total. The molecule has 0 aliphatic rings. The van der Waals surface area contributed by atoms with E-state index in [-0.39, 0.29) is 0 Å². The van der Waals surface area contributed by atoms with E-state index in [0.29, 0.717) is 5.41 Å². The van der Waals surface area contributed by atoms with E-state index in [1.165, 1.54) is 51.4 Å². The van der Waals surface area contributed by atoms with Crippen molar-refractivity contribution in [3.63, 3.8) is 0 Å². The van der Waals surface area contributed by atoms with Crippen LogP contribution in [0.2, 0.25) is 0 Å². The Labute approximate surface area is 111 Å². The summed E-state index contributed by atoms with van der Waals surface area (Å²) in [6.45, 7) is 14.4. The van der Waals surface area contributed by atoms with Crippen molar-refractivity contribution in [2.45, 2.75) is 92.9 Å². The lowest BCUT2D eigenvalue weighted by Gasteiger charge is -2.34. The van der Waals surface area contributed by atoms with Crippen molar-refractivity contribution in [1.29, 1.82) is 0 Å². The normalized spacial score (nSPS) is 15.9. The third-order valence-electron chi connectivity index (χ3n) is 4.50. The minimum atomic E-state index is 0.529. The summed E-state index contributed by atoms with van der Waals surface area (Å²) in [4.78, 5) is 0. The highest BCUT2D eigenvalue weighted by Gasteiger charge is 2.26. The standard InChI is InChI=1S/C17H36/c1-7-9-11-12-15(3)14-17(5,6)16(4)13-10-8-2/h15-16H,7-14H2,1-6H3. The molecule has 0 spiro atoms. The van der Waals surface area contributed by atoms with Crippen LogP contribution in [-0.2, 0) is 0 Å². The second-order valence-electron chi connectivity index (χ2n) is 6.84. The van der Waals surface area contributed by atoms with Gasteiger partial charge in [0, 0.05) is 0 Å². The van der Waals surface area contributed by atoms with Gasteiger partial charge in [-0.25, -0.2) is 0 Å². The maximum atomic E-state index is 2.48. The van der Waals surface area contributed by atoms with Crippen LogP contribution in [0, 0.1) is 17.3 Å². The molecule has 0 nitrogen and oxygen atoms in total. The largest absolute Gasteiger partial charge is 0.0654 e. The van der Waals surface area contributed by atoms with E-state index in [1.807, 2.05) is 0 Å². The number of hydrogen-bond donors (Lipinski definition) is 0. The summed E-state index contributed by atoms with van der Waals surface area (Å²) in [5.74, 6) is 1.77. The minimum absolute atomic E-state index is 0.529. The molecule has 0 aliphatic heterocycles. The van der Waals surface area contributed by atoms with Gasteiger partial charge in [0.1, 0.15) is 0 Å². The molecule has 0 aromatic rings. The van der Waals surface area contributed by atoms with E-state index in [1.54, 1.807) is 0 Å². The molecule has 0 aromatic heterocycles. The van der Waals surface area contributed by atoms with Crippen LogP contribution in [0.3, 0.4) is 0 Å². The molecule has 0 rings (SSSR count). The monoisotopic (exact) mass is 240 g/mol. The number of rotatable bonds is 10. The van der Waals surface area contributed by atoms with Crippen molar-refractivity contribution in [2.75, 3.05) is 0 Å². The van der Waals surface area contributed by atoms with E-state index < -0.39 is 0 Å². The van der Waals surface area contributed by atoms with Gasteiger partial charge in [0.25, 0.3) is 0 Å². The Bertz CT molecular complexity index is 169. The predicted octanol–water partition coefficient (Wildman–Crippen LogP) is 6.45. The molecule has 17 heavy (non-hydrogen) atoms. The SMILES string of the molecule is CCCCCC(C)CC(C)(C)C(C)CCCC. The molecule has 2 atom stereocenters. The van der Waals surface area contributed by atoms with E-state index in [2.05, 4.69) is 41.5 Å². The van der Waals surface area contributed by atoms with Crippen LogP contribution >= 0.6 is 0 Å². The third-order valence-corrected chi connectivity index (χ3v) is 4.50. The number of hydrogen-bond acceptors (Lipinski definition) is 0. The van der Waals surface area contributed by atoms with Crippen LogP contribution in [0.15, 0.2) is 0 Å². The van der Waals surface area contributed by atoms with Crippen molar-refractivity contribution in [1.82, 2.24) is 0 Å². The maximum absolute atomic E-state index is 2.48. The van der Waals surface area contributed by atoms with Crippen LogP contribution in [0.1, 0.15) is 92.9 Å². The van der Waals surface area contributed by atoms with Gasteiger partial charge in [-0.2, -0.15) is 0 Å². The molecule has 0 fully saturated rings. The molecule has 2 unspecified atom stereocenters. The Kier molecular flexibility index (Phi) is 9.00. The summed E-state index contributed by atoms with van der Waals surface area (Å²) in [5, 5.41) is 0. The first-order valence-electron chi connectivity index (χ1n) is 7.94. The van der Waals surface area contributed by atoms with Gasteiger partial charge >= 0.3 is 0 Å². The minimum Gasteiger partial charge on any atom is -0.0654 e. The van der Waals surface area contributed by atoms with Crippen LogP contribution in [0.25, 0.3) is 0 Å². The molecule has 0 bridgehead atoms. The summed E-state index contributed by atoms with van der Waals surface area (Å²) in [6.07, 6.45) is 11.2. The Balaban J connectivity index is 3.95. The Morgan fingerprint density at radius 2 is 1.41 bits per heavy atom. The summed E-state index contributed by atoms with van der Waals surface area (Å²) in [5.41, 5.74) is 0.529. The molecule has 0 heteroatoms. The quantitative estimate of drug-likeness (QED) is 0.385.